The minimum absolute atomic E-state index is 0.101. The number of halogens is 4. The lowest BCUT2D eigenvalue weighted by molar-refractivity contribution is -0.138. The van der Waals surface area contributed by atoms with Crippen molar-refractivity contribution in [3.63, 3.8) is 0 Å². The Morgan fingerprint density at radius 3 is 2.64 bits per heavy atom. The summed E-state index contributed by atoms with van der Waals surface area (Å²) in [5.74, 6) is 0.139. The minimum Gasteiger partial charge on any atom is -0.313 e. The van der Waals surface area contributed by atoms with Gasteiger partial charge in [0.05, 0.1) is 5.56 Å². The van der Waals surface area contributed by atoms with E-state index in [4.69, 9.17) is 0 Å². The summed E-state index contributed by atoms with van der Waals surface area (Å²) in [6.07, 6.45) is -2.41. The topological polar surface area (TPSA) is 12.0 Å². The highest BCUT2D eigenvalue weighted by molar-refractivity contribution is 5.42. The smallest absolute Gasteiger partial charge is 0.313 e. The highest BCUT2D eigenvalue weighted by Gasteiger charge is 2.43. The average molecular weight is 349 g/mol. The van der Waals surface area contributed by atoms with Crippen molar-refractivity contribution in [2.45, 2.75) is 37.4 Å². The number of fused-ring (bicyclic) bond motifs is 3. The Bertz CT molecular complexity index is 784. The molecule has 1 saturated heterocycles. The second kappa shape index (κ2) is 6.13. The van der Waals surface area contributed by atoms with Crippen LogP contribution in [0.1, 0.15) is 34.6 Å². The summed E-state index contributed by atoms with van der Waals surface area (Å²) >= 11 is 0. The van der Waals surface area contributed by atoms with Gasteiger partial charge in [0.25, 0.3) is 0 Å². The maximum Gasteiger partial charge on any atom is 0.416 e. The third-order valence-electron chi connectivity index (χ3n) is 5.62. The predicted octanol–water partition coefficient (Wildman–Crippen LogP) is 4.71. The highest BCUT2D eigenvalue weighted by Crippen LogP contribution is 2.45. The van der Waals surface area contributed by atoms with Crippen LogP contribution in [-0.2, 0) is 19.0 Å². The molecule has 2 aromatic carbocycles. The molecule has 2 aliphatic rings. The van der Waals surface area contributed by atoms with Crippen molar-refractivity contribution in [1.82, 2.24) is 5.32 Å². The van der Waals surface area contributed by atoms with Crippen LogP contribution in [0, 0.1) is 11.7 Å². The maximum atomic E-state index is 13.4. The zero-order valence-electron chi connectivity index (χ0n) is 13.6. The standard InChI is InChI=1S/C20H19F4N/c21-13-4-1-3-12(9-13)10-19-16-8-7-15-14(17(16)11-25-19)5-2-6-18(15)20(22,23)24/h1-6,9,16-17,19,25H,7-8,10-11H2. The Labute approximate surface area is 144 Å². The van der Waals surface area contributed by atoms with E-state index < -0.39 is 11.7 Å². The predicted molar refractivity (Wildman–Crippen MR) is 87.9 cm³/mol. The normalized spacial score (nSPS) is 25.5. The molecule has 0 amide bonds. The summed E-state index contributed by atoms with van der Waals surface area (Å²) in [6.45, 7) is 0.680. The quantitative estimate of drug-likeness (QED) is 0.775. The molecular weight excluding hydrogens is 330 g/mol. The Morgan fingerprint density at radius 2 is 1.88 bits per heavy atom. The van der Waals surface area contributed by atoms with E-state index in [-0.39, 0.29) is 17.8 Å². The molecule has 132 valence electrons. The largest absolute Gasteiger partial charge is 0.416 e. The zero-order chi connectivity index (χ0) is 17.6. The second-order valence-electron chi connectivity index (χ2n) is 7.03. The third kappa shape index (κ3) is 3.06. The molecule has 3 atom stereocenters. The van der Waals surface area contributed by atoms with Gasteiger partial charge in [0.15, 0.2) is 0 Å². The first kappa shape index (κ1) is 16.6. The van der Waals surface area contributed by atoms with Crippen LogP contribution in [0.3, 0.4) is 0 Å². The molecule has 0 spiro atoms. The molecule has 4 rings (SSSR count). The van der Waals surface area contributed by atoms with Crippen LogP contribution in [0.15, 0.2) is 42.5 Å². The SMILES string of the molecule is Fc1cccc(CC2NCC3c4cccc(C(F)(F)F)c4CCC23)c1. The Balaban J connectivity index is 1.60. The van der Waals surface area contributed by atoms with Gasteiger partial charge in [-0.25, -0.2) is 4.39 Å². The molecule has 0 radical (unpaired) electrons. The van der Waals surface area contributed by atoms with E-state index in [1.54, 1.807) is 6.07 Å². The van der Waals surface area contributed by atoms with Crippen molar-refractivity contribution >= 4 is 0 Å². The van der Waals surface area contributed by atoms with E-state index in [9.17, 15) is 17.6 Å². The molecule has 3 unspecified atom stereocenters. The number of benzene rings is 2. The number of rotatable bonds is 2. The van der Waals surface area contributed by atoms with Gasteiger partial charge >= 0.3 is 6.18 Å². The molecule has 1 heterocycles. The zero-order valence-corrected chi connectivity index (χ0v) is 13.6. The van der Waals surface area contributed by atoms with Crippen molar-refractivity contribution < 1.29 is 17.6 Å². The van der Waals surface area contributed by atoms with E-state index in [1.165, 1.54) is 24.3 Å². The molecule has 0 aromatic heterocycles. The first-order valence-corrected chi connectivity index (χ1v) is 8.60. The fourth-order valence-electron chi connectivity index (χ4n) is 4.55. The molecule has 25 heavy (non-hydrogen) atoms. The van der Waals surface area contributed by atoms with Gasteiger partial charge in [0.1, 0.15) is 5.82 Å². The van der Waals surface area contributed by atoms with Gasteiger partial charge in [0, 0.05) is 18.5 Å². The summed E-state index contributed by atoms with van der Waals surface area (Å²) in [7, 11) is 0. The van der Waals surface area contributed by atoms with Crippen molar-refractivity contribution in [3.05, 3.63) is 70.5 Å². The first-order chi connectivity index (χ1) is 11.9. The van der Waals surface area contributed by atoms with Crippen molar-refractivity contribution in [3.8, 4) is 0 Å². The Hall–Kier alpha value is -1.88. The fraction of sp³-hybridized carbons (Fsp3) is 0.400. The molecule has 5 heteroatoms. The van der Waals surface area contributed by atoms with Crippen molar-refractivity contribution in [2.75, 3.05) is 6.54 Å². The minimum atomic E-state index is -4.30. The van der Waals surface area contributed by atoms with Crippen LogP contribution >= 0.6 is 0 Å². The molecule has 1 aliphatic heterocycles. The Morgan fingerprint density at radius 1 is 1.08 bits per heavy atom. The average Bonchev–Trinajstić information content (AvgIpc) is 2.97. The maximum absolute atomic E-state index is 13.4. The fourth-order valence-corrected chi connectivity index (χ4v) is 4.55. The number of hydrogen-bond acceptors (Lipinski definition) is 1. The summed E-state index contributed by atoms with van der Waals surface area (Å²) in [4.78, 5) is 0. The van der Waals surface area contributed by atoms with Gasteiger partial charge in [-0.2, -0.15) is 13.2 Å². The van der Waals surface area contributed by atoms with Crippen LogP contribution in [0.25, 0.3) is 0 Å². The van der Waals surface area contributed by atoms with Crippen LogP contribution < -0.4 is 5.32 Å². The van der Waals surface area contributed by atoms with Gasteiger partial charge < -0.3 is 5.32 Å². The summed E-state index contributed by atoms with van der Waals surface area (Å²) in [5, 5.41) is 3.46. The van der Waals surface area contributed by atoms with Gasteiger partial charge in [-0.1, -0.05) is 24.3 Å². The van der Waals surface area contributed by atoms with E-state index in [0.29, 0.717) is 30.9 Å². The second-order valence-corrected chi connectivity index (χ2v) is 7.03. The molecule has 1 aliphatic carbocycles. The molecule has 2 aromatic rings. The number of nitrogens with one attached hydrogen (secondary N) is 1. The Kier molecular flexibility index (Phi) is 4.07. The van der Waals surface area contributed by atoms with Crippen molar-refractivity contribution in [2.24, 2.45) is 5.92 Å². The third-order valence-corrected chi connectivity index (χ3v) is 5.62. The lowest BCUT2D eigenvalue weighted by Crippen LogP contribution is -2.31. The van der Waals surface area contributed by atoms with Gasteiger partial charge in [0.2, 0.25) is 0 Å². The van der Waals surface area contributed by atoms with E-state index in [0.717, 1.165) is 17.5 Å². The summed E-state index contributed by atoms with van der Waals surface area (Å²) in [6, 6.07) is 11.3. The van der Waals surface area contributed by atoms with Crippen LogP contribution in [0.4, 0.5) is 17.6 Å². The molecular formula is C20H19F4N. The van der Waals surface area contributed by atoms with Gasteiger partial charge in [-0.15, -0.1) is 0 Å². The number of alkyl halides is 3. The number of hydrogen-bond donors (Lipinski definition) is 1. The molecule has 1 fully saturated rings. The highest BCUT2D eigenvalue weighted by atomic mass is 19.4. The van der Waals surface area contributed by atoms with E-state index >= 15 is 0 Å². The monoisotopic (exact) mass is 349 g/mol. The van der Waals surface area contributed by atoms with Gasteiger partial charge in [-0.05, 0) is 60.1 Å². The lowest BCUT2D eigenvalue weighted by Gasteiger charge is -2.32. The lowest BCUT2D eigenvalue weighted by atomic mass is 9.72. The molecule has 1 N–H and O–H groups in total. The van der Waals surface area contributed by atoms with E-state index in [1.807, 2.05) is 12.1 Å². The van der Waals surface area contributed by atoms with Crippen molar-refractivity contribution in [1.29, 1.82) is 0 Å². The van der Waals surface area contributed by atoms with Gasteiger partial charge in [-0.3, -0.25) is 0 Å². The summed E-state index contributed by atoms with van der Waals surface area (Å²) < 4.78 is 53.2. The molecule has 1 nitrogen and oxygen atoms in total. The first-order valence-electron chi connectivity index (χ1n) is 8.60. The van der Waals surface area contributed by atoms with E-state index in [2.05, 4.69) is 5.32 Å². The molecule has 0 bridgehead atoms. The summed E-state index contributed by atoms with van der Waals surface area (Å²) in [5.41, 5.74) is 1.73. The van der Waals surface area contributed by atoms with Crippen LogP contribution in [-0.4, -0.2) is 12.6 Å². The van der Waals surface area contributed by atoms with Crippen LogP contribution in [0.2, 0.25) is 0 Å². The molecule has 0 saturated carbocycles. The van der Waals surface area contributed by atoms with Crippen LogP contribution in [0.5, 0.6) is 0 Å².